The van der Waals surface area contributed by atoms with Crippen molar-refractivity contribution in [3.63, 3.8) is 0 Å². The number of rotatable bonds is 9. The summed E-state index contributed by atoms with van der Waals surface area (Å²) in [6, 6.07) is 7.23. The number of aromatic nitrogens is 1. The first-order valence-electron chi connectivity index (χ1n) is 13.4. The summed E-state index contributed by atoms with van der Waals surface area (Å²) in [6.07, 6.45) is -9.09. The molecule has 0 fully saturated rings. The molecule has 3 aromatic carbocycles. The number of aliphatic carboxylic acids is 1. The van der Waals surface area contributed by atoms with Crippen molar-refractivity contribution in [2.24, 2.45) is 0 Å². The van der Waals surface area contributed by atoms with Crippen molar-refractivity contribution < 1.29 is 49.8 Å². The fourth-order valence-corrected chi connectivity index (χ4v) is 5.01. The van der Waals surface area contributed by atoms with Crippen LogP contribution in [0.1, 0.15) is 40.4 Å². The summed E-state index contributed by atoms with van der Waals surface area (Å²) in [6.45, 7) is 2.51. The van der Waals surface area contributed by atoms with Crippen LogP contribution in [0.3, 0.4) is 0 Å². The first-order chi connectivity index (χ1) is 21.0. The minimum Gasteiger partial charge on any atom is -0.480 e. The van der Waals surface area contributed by atoms with Crippen LogP contribution in [0.5, 0.6) is 0 Å². The lowest BCUT2D eigenvalue weighted by Crippen LogP contribution is -2.43. The predicted molar refractivity (Wildman–Crippen MR) is 150 cm³/mol. The van der Waals surface area contributed by atoms with Crippen molar-refractivity contribution in [2.75, 3.05) is 5.32 Å². The lowest BCUT2D eigenvalue weighted by Gasteiger charge is -2.22. The quantitative estimate of drug-likeness (QED) is 0.164. The number of fused-ring (bicyclic) bond motifs is 1. The van der Waals surface area contributed by atoms with E-state index in [1.165, 1.54) is 50.4 Å². The van der Waals surface area contributed by atoms with Gasteiger partial charge in [-0.25, -0.2) is 13.6 Å². The standard InChI is InChI=1S/C31H25F8N3O3/c1-3-24(30(34,35)36)41-17-13-21(32)25(22(33)14-17)28(43)42-23(29(44)45)12-16-8-9-20(19-7-5-4-6-18(16)19)27-26(31(37,38)39)15(2)10-11-40-27/h4-11,13-14,23-24,41H,3,12H2,1-2H3,(H,42,43)(H,44,45)/t23-,24+/m0/s1. The number of nitrogens with one attached hydrogen (secondary N) is 2. The van der Waals surface area contributed by atoms with Crippen LogP contribution >= 0.6 is 0 Å². The van der Waals surface area contributed by atoms with Gasteiger partial charge in [0, 0.05) is 23.9 Å². The van der Waals surface area contributed by atoms with Gasteiger partial charge in [0.05, 0.1) is 11.3 Å². The van der Waals surface area contributed by atoms with Crippen LogP contribution in [0.2, 0.25) is 0 Å². The maximum Gasteiger partial charge on any atom is 0.418 e. The van der Waals surface area contributed by atoms with E-state index in [0.29, 0.717) is 22.9 Å². The van der Waals surface area contributed by atoms with Crippen molar-refractivity contribution in [1.82, 2.24) is 10.3 Å². The van der Waals surface area contributed by atoms with Crippen LogP contribution in [-0.4, -0.2) is 40.2 Å². The summed E-state index contributed by atoms with van der Waals surface area (Å²) < 4.78 is 111. The fourth-order valence-electron chi connectivity index (χ4n) is 5.01. The van der Waals surface area contributed by atoms with Gasteiger partial charge in [0.25, 0.3) is 5.91 Å². The Morgan fingerprint density at radius 1 is 0.933 bits per heavy atom. The number of hydrogen-bond donors (Lipinski definition) is 3. The van der Waals surface area contributed by atoms with Crippen LogP contribution in [0.25, 0.3) is 22.0 Å². The molecule has 1 aromatic heterocycles. The number of nitrogens with zero attached hydrogens (tertiary/aromatic N) is 1. The molecular weight excluding hydrogens is 614 g/mol. The second kappa shape index (κ2) is 12.7. The van der Waals surface area contributed by atoms with E-state index in [9.17, 15) is 49.8 Å². The first-order valence-corrected chi connectivity index (χ1v) is 13.4. The fraction of sp³-hybridized carbons (Fsp3) is 0.258. The Kier molecular flexibility index (Phi) is 9.35. The van der Waals surface area contributed by atoms with E-state index in [-0.39, 0.29) is 22.4 Å². The monoisotopic (exact) mass is 639 g/mol. The highest BCUT2D eigenvalue weighted by molar-refractivity contribution is 6.00. The van der Waals surface area contributed by atoms with Crippen LogP contribution < -0.4 is 10.6 Å². The molecule has 0 spiro atoms. The third-order valence-corrected chi connectivity index (χ3v) is 7.15. The summed E-state index contributed by atoms with van der Waals surface area (Å²) in [5.41, 5.74) is -2.72. The summed E-state index contributed by atoms with van der Waals surface area (Å²) in [4.78, 5) is 28.9. The number of benzene rings is 3. The van der Waals surface area contributed by atoms with Crippen molar-refractivity contribution in [2.45, 2.75) is 51.1 Å². The minimum atomic E-state index is -4.72. The van der Waals surface area contributed by atoms with Crippen LogP contribution in [0.4, 0.5) is 40.8 Å². The van der Waals surface area contributed by atoms with Gasteiger partial charge in [0.15, 0.2) is 0 Å². The number of carboxylic acid groups (broad SMARTS) is 1. The smallest absolute Gasteiger partial charge is 0.418 e. The second-order valence-corrected chi connectivity index (χ2v) is 10.2. The molecule has 0 bridgehead atoms. The SMILES string of the molecule is CC[C@@H](Nc1cc(F)c(C(=O)N[C@@H](Cc2ccc(-c3nccc(C)c3C(F)(F)F)c3ccccc23)C(=O)O)c(F)c1)C(F)(F)F. The number of pyridine rings is 1. The maximum absolute atomic E-state index is 14.8. The molecule has 14 heteroatoms. The molecule has 0 aliphatic heterocycles. The Morgan fingerprint density at radius 2 is 1.56 bits per heavy atom. The Morgan fingerprint density at radius 3 is 2.11 bits per heavy atom. The molecule has 6 nitrogen and oxygen atoms in total. The summed E-state index contributed by atoms with van der Waals surface area (Å²) in [5, 5.41) is 14.5. The third kappa shape index (κ3) is 7.15. The van der Waals surface area contributed by atoms with Crippen molar-refractivity contribution in [1.29, 1.82) is 0 Å². The molecule has 238 valence electrons. The molecule has 0 radical (unpaired) electrons. The number of alkyl halides is 6. The zero-order chi connectivity index (χ0) is 33.3. The number of halogens is 8. The zero-order valence-corrected chi connectivity index (χ0v) is 23.6. The number of anilines is 1. The maximum atomic E-state index is 14.8. The van der Waals surface area contributed by atoms with Crippen molar-refractivity contribution >= 4 is 28.3 Å². The lowest BCUT2D eigenvalue weighted by molar-refractivity contribution is -0.143. The van der Waals surface area contributed by atoms with E-state index in [0.717, 1.165) is 0 Å². The average molecular weight is 640 g/mol. The molecule has 3 N–H and O–H groups in total. The molecule has 4 rings (SSSR count). The summed E-state index contributed by atoms with van der Waals surface area (Å²) in [5.74, 6) is -6.13. The predicted octanol–water partition coefficient (Wildman–Crippen LogP) is 7.69. The van der Waals surface area contributed by atoms with E-state index in [1.54, 1.807) is 12.1 Å². The van der Waals surface area contributed by atoms with Gasteiger partial charge in [0.2, 0.25) is 0 Å². The summed E-state index contributed by atoms with van der Waals surface area (Å²) in [7, 11) is 0. The Balaban J connectivity index is 1.66. The number of aryl methyl sites for hydroxylation is 1. The van der Waals surface area contributed by atoms with Gasteiger partial charge in [-0.2, -0.15) is 26.3 Å². The van der Waals surface area contributed by atoms with Gasteiger partial charge in [-0.3, -0.25) is 9.78 Å². The molecule has 0 saturated carbocycles. The lowest BCUT2D eigenvalue weighted by atomic mass is 9.92. The van der Waals surface area contributed by atoms with Gasteiger partial charge in [-0.1, -0.05) is 43.3 Å². The number of hydrogen-bond acceptors (Lipinski definition) is 4. The van der Waals surface area contributed by atoms with Crippen LogP contribution in [0, 0.1) is 18.6 Å². The number of carboxylic acids is 1. The van der Waals surface area contributed by atoms with Gasteiger partial charge >= 0.3 is 18.3 Å². The van der Waals surface area contributed by atoms with Crippen LogP contribution in [0.15, 0.2) is 60.8 Å². The average Bonchev–Trinajstić information content (AvgIpc) is 2.93. The molecular formula is C31H25F8N3O3. The zero-order valence-electron chi connectivity index (χ0n) is 23.6. The molecule has 45 heavy (non-hydrogen) atoms. The largest absolute Gasteiger partial charge is 0.480 e. The van der Waals surface area contributed by atoms with Gasteiger partial charge in [0.1, 0.15) is 29.3 Å². The van der Waals surface area contributed by atoms with Crippen LogP contribution in [-0.2, 0) is 17.4 Å². The van der Waals surface area contributed by atoms with Gasteiger partial charge in [-0.15, -0.1) is 0 Å². The van der Waals surface area contributed by atoms with E-state index in [4.69, 9.17) is 0 Å². The second-order valence-electron chi connectivity index (χ2n) is 10.2. The molecule has 0 saturated heterocycles. The molecule has 2 atom stereocenters. The number of carbonyl (C=O) groups is 2. The molecule has 1 amide bonds. The molecule has 0 unspecified atom stereocenters. The first kappa shape index (κ1) is 33.1. The molecule has 0 aliphatic rings. The highest BCUT2D eigenvalue weighted by Crippen LogP contribution is 2.40. The van der Waals surface area contributed by atoms with Gasteiger partial charge < -0.3 is 15.7 Å². The van der Waals surface area contributed by atoms with E-state index < -0.39 is 77.6 Å². The third-order valence-electron chi connectivity index (χ3n) is 7.15. The Labute approximate surface area is 251 Å². The normalized spacial score (nSPS) is 13.4. The van der Waals surface area contributed by atoms with E-state index in [2.05, 4.69) is 4.98 Å². The minimum absolute atomic E-state index is 0.0527. The van der Waals surface area contributed by atoms with Gasteiger partial charge in [-0.05, 0) is 53.4 Å². The highest BCUT2D eigenvalue weighted by Gasteiger charge is 2.39. The van der Waals surface area contributed by atoms with Crippen molar-refractivity contribution in [3.05, 3.63) is 94.7 Å². The van der Waals surface area contributed by atoms with E-state index >= 15 is 0 Å². The number of carbonyl (C=O) groups excluding carboxylic acids is 1. The Hall–Kier alpha value is -4.75. The number of amides is 1. The topological polar surface area (TPSA) is 91.3 Å². The summed E-state index contributed by atoms with van der Waals surface area (Å²) >= 11 is 0. The highest BCUT2D eigenvalue weighted by atomic mass is 19.4. The van der Waals surface area contributed by atoms with E-state index in [1.807, 2.05) is 10.6 Å². The van der Waals surface area contributed by atoms with Crippen molar-refractivity contribution in [3.8, 4) is 11.3 Å². The molecule has 0 aliphatic carbocycles. The Bertz CT molecular complexity index is 1730. The molecule has 1 heterocycles. The molecule has 4 aromatic rings.